The van der Waals surface area contributed by atoms with Crippen molar-refractivity contribution >= 4 is 22.7 Å². The molecule has 37 heavy (non-hydrogen) atoms. The molecule has 0 saturated carbocycles. The van der Waals surface area contributed by atoms with E-state index in [1.807, 2.05) is 53.6 Å². The lowest BCUT2D eigenvalue weighted by Crippen LogP contribution is -2.49. The Morgan fingerprint density at radius 1 is 1.00 bits per heavy atom. The number of piperazine rings is 1. The van der Waals surface area contributed by atoms with Gasteiger partial charge in [-0.25, -0.2) is 0 Å². The summed E-state index contributed by atoms with van der Waals surface area (Å²) in [6.07, 6.45) is -4.40. The number of furan rings is 1. The number of hydrogen-bond acceptors (Lipinski definition) is 4. The maximum absolute atomic E-state index is 13.6. The zero-order valence-corrected chi connectivity index (χ0v) is 20.7. The molecule has 0 radical (unpaired) electrons. The summed E-state index contributed by atoms with van der Waals surface area (Å²) in [6.45, 7) is 6.98. The van der Waals surface area contributed by atoms with Crippen LogP contribution in [0.5, 0.6) is 5.75 Å². The summed E-state index contributed by atoms with van der Waals surface area (Å²) in [6, 6.07) is 16.5. The highest BCUT2D eigenvalue weighted by Crippen LogP contribution is 2.31. The summed E-state index contributed by atoms with van der Waals surface area (Å²) < 4.78 is 52.4. The third kappa shape index (κ3) is 5.03. The molecule has 1 fully saturated rings. The van der Waals surface area contributed by atoms with E-state index in [0.29, 0.717) is 55.4 Å². The molecule has 1 aliphatic heterocycles. The van der Waals surface area contributed by atoms with E-state index < -0.39 is 11.7 Å². The fourth-order valence-corrected chi connectivity index (χ4v) is 4.80. The van der Waals surface area contributed by atoms with E-state index in [1.54, 1.807) is 6.07 Å². The van der Waals surface area contributed by atoms with Crippen LogP contribution >= 0.6 is 0 Å². The molecule has 9 heteroatoms. The van der Waals surface area contributed by atoms with Gasteiger partial charge in [-0.2, -0.15) is 13.2 Å². The zero-order valence-electron chi connectivity index (χ0n) is 20.7. The average molecular weight is 512 g/mol. The van der Waals surface area contributed by atoms with Crippen LogP contribution in [0, 0.1) is 6.92 Å². The van der Waals surface area contributed by atoms with E-state index in [9.17, 15) is 18.0 Å². The van der Waals surface area contributed by atoms with E-state index in [1.165, 1.54) is 12.1 Å². The van der Waals surface area contributed by atoms with Gasteiger partial charge in [0, 0.05) is 44.9 Å². The van der Waals surface area contributed by atoms with Crippen LogP contribution in [0.2, 0.25) is 0 Å². The fraction of sp³-hybridized carbons (Fsp3) is 0.321. The lowest BCUT2D eigenvalue weighted by atomic mass is 10.1. The zero-order chi connectivity index (χ0) is 26.2. The summed E-state index contributed by atoms with van der Waals surface area (Å²) in [5, 5.41) is 0. The molecule has 1 saturated heterocycles. The predicted octanol–water partition coefficient (Wildman–Crippen LogP) is 5.97. The van der Waals surface area contributed by atoms with E-state index in [2.05, 4.69) is 4.90 Å². The van der Waals surface area contributed by atoms with Crippen molar-refractivity contribution in [2.75, 3.05) is 37.7 Å². The Labute approximate surface area is 212 Å². The van der Waals surface area contributed by atoms with Crippen LogP contribution in [0.4, 0.5) is 18.9 Å². The molecule has 4 aromatic rings. The van der Waals surface area contributed by atoms with Crippen LogP contribution in [0.1, 0.15) is 34.3 Å². The Morgan fingerprint density at radius 3 is 2.38 bits per heavy atom. The Kier molecular flexibility index (Phi) is 6.62. The van der Waals surface area contributed by atoms with E-state index in [4.69, 9.17) is 9.15 Å². The van der Waals surface area contributed by atoms with E-state index >= 15 is 0 Å². The van der Waals surface area contributed by atoms with Crippen LogP contribution in [-0.4, -0.2) is 48.2 Å². The minimum absolute atomic E-state index is 0.131. The van der Waals surface area contributed by atoms with Crippen LogP contribution in [0.3, 0.4) is 0 Å². The minimum atomic E-state index is -4.40. The lowest BCUT2D eigenvalue weighted by molar-refractivity contribution is -0.137. The number of carbonyl (C=O) groups is 1. The number of benzene rings is 2. The molecule has 0 unspecified atom stereocenters. The topological polar surface area (TPSA) is 50.9 Å². The number of aromatic nitrogens is 1. The first-order valence-electron chi connectivity index (χ1n) is 12.3. The SMILES string of the molecule is CCOc1ccccc1N1CCN(C(=O)c2cc3oc(C)cc3n2Cc2ccc(C(F)(F)F)cc2)CC1. The van der Waals surface area contributed by atoms with Crippen LogP contribution in [0.15, 0.2) is 65.1 Å². The van der Waals surface area contributed by atoms with Gasteiger partial charge in [0.25, 0.3) is 5.91 Å². The summed E-state index contributed by atoms with van der Waals surface area (Å²) in [5.41, 5.74) is 2.75. The second kappa shape index (κ2) is 9.88. The number of nitrogens with zero attached hydrogens (tertiary/aromatic N) is 3. The highest BCUT2D eigenvalue weighted by molar-refractivity contribution is 5.98. The normalized spacial score (nSPS) is 14.4. The van der Waals surface area contributed by atoms with Crippen molar-refractivity contribution < 1.29 is 27.1 Å². The Morgan fingerprint density at radius 2 is 1.70 bits per heavy atom. The molecule has 0 bridgehead atoms. The maximum atomic E-state index is 13.6. The molecule has 3 heterocycles. The smallest absolute Gasteiger partial charge is 0.416 e. The van der Waals surface area contributed by atoms with Gasteiger partial charge in [-0.3, -0.25) is 4.79 Å². The van der Waals surface area contributed by atoms with E-state index in [-0.39, 0.29) is 12.5 Å². The molecule has 0 N–H and O–H groups in total. The number of amides is 1. The van der Waals surface area contributed by atoms with Crippen molar-refractivity contribution in [3.63, 3.8) is 0 Å². The molecule has 0 aliphatic carbocycles. The van der Waals surface area contributed by atoms with Crippen molar-refractivity contribution in [3.05, 3.63) is 83.2 Å². The van der Waals surface area contributed by atoms with Crippen LogP contribution < -0.4 is 9.64 Å². The molecular formula is C28H28F3N3O3. The van der Waals surface area contributed by atoms with Gasteiger partial charge in [0.05, 0.1) is 23.4 Å². The number of para-hydroxylation sites is 2. The second-order valence-corrected chi connectivity index (χ2v) is 9.10. The maximum Gasteiger partial charge on any atom is 0.416 e. The monoisotopic (exact) mass is 511 g/mol. The molecular weight excluding hydrogens is 483 g/mol. The van der Waals surface area contributed by atoms with Gasteiger partial charge in [0.2, 0.25) is 0 Å². The number of ether oxygens (including phenoxy) is 1. The molecule has 2 aromatic carbocycles. The van der Waals surface area contributed by atoms with Gasteiger partial charge in [-0.05, 0) is 43.7 Å². The van der Waals surface area contributed by atoms with Crippen molar-refractivity contribution in [2.24, 2.45) is 0 Å². The summed E-state index contributed by atoms with van der Waals surface area (Å²) in [4.78, 5) is 17.7. The molecule has 5 rings (SSSR count). The predicted molar refractivity (Wildman–Crippen MR) is 135 cm³/mol. The van der Waals surface area contributed by atoms with Gasteiger partial charge in [0.1, 0.15) is 17.2 Å². The van der Waals surface area contributed by atoms with Crippen molar-refractivity contribution in [3.8, 4) is 5.75 Å². The van der Waals surface area contributed by atoms with E-state index in [0.717, 1.165) is 29.1 Å². The molecule has 1 amide bonds. The molecule has 0 atom stereocenters. The van der Waals surface area contributed by atoms with Gasteiger partial charge in [-0.1, -0.05) is 24.3 Å². The fourth-order valence-electron chi connectivity index (χ4n) is 4.80. The van der Waals surface area contributed by atoms with Crippen molar-refractivity contribution in [1.29, 1.82) is 0 Å². The van der Waals surface area contributed by atoms with Crippen molar-refractivity contribution in [2.45, 2.75) is 26.6 Å². The average Bonchev–Trinajstić information content (AvgIpc) is 3.40. The Hall–Kier alpha value is -3.88. The number of carbonyl (C=O) groups excluding carboxylic acids is 1. The molecule has 0 spiro atoms. The lowest BCUT2D eigenvalue weighted by Gasteiger charge is -2.36. The number of alkyl halides is 3. The molecule has 2 aromatic heterocycles. The van der Waals surface area contributed by atoms with Gasteiger partial charge < -0.3 is 23.5 Å². The largest absolute Gasteiger partial charge is 0.492 e. The number of hydrogen-bond donors (Lipinski definition) is 0. The first-order chi connectivity index (χ1) is 17.7. The number of halogens is 3. The second-order valence-electron chi connectivity index (χ2n) is 9.10. The highest BCUT2D eigenvalue weighted by atomic mass is 19.4. The highest BCUT2D eigenvalue weighted by Gasteiger charge is 2.30. The van der Waals surface area contributed by atoms with Gasteiger partial charge >= 0.3 is 6.18 Å². The summed E-state index contributed by atoms with van der Waals surface area (Å²) in [7, 11) is 0. The molecule has 1 aliphatic rings. The Bertz CT molecular complexity index is 1400. The van der Waals surface area contributed by atoms with Crippen LogP contribution in [-0.2, 0) is 12.7 Å². The third-order valence-corrected chi connectivity index (χ3v) is 6.63. The number of aryl methyl sites for hydroxylation is 1. The standard InChI is InChI=1S/C28H28F3N3O3/c1-3-36-25-7-5-4-6-22(25)32-12-14-33(15-13-32)27(35)24-17-26-23(16-19(2)37-26)34(24)18-20-8-10-21(11-9-20)28(29,30)31/h4-11,16-17H,3,12-15,18H2,1-2H3. The van der Waals surface area contributed by atoms with Gasteiger partial charge in [-0.15, -0.1) is 0 Å². The first-order valence-corrected chi connectivity index (χ1v) is 12.3. The molecule has 194 valence electrons. The number of fused-ring (bicyclic) bond motifs is 1. The number of anilines is 1. The van der Waals surface area contributed by atoms with Crippen LogP contribution in [0.25, 0.3) is 11.1 Å². The third-order valence-electron chi connectivity index (χ3n) is 6.63. The summed E-state index contributed by atoms with van der Waals surface area (Å²) in [5.74, 6) is 1.39. The van der Waals surface area contributed by atoms with Crippen molar-refractivity contribution in [1.82, 2.24) is 9.47 Å². The number of rotatable bonds is 6. The molecule has 6 nitrogen and oxygen atoms in total. The quantitative estimate of drug-likeness (QED) is 0.320. The van der Waals surface area contributed by atoms with Gasteiger partial charge in [0.15, 0.2) is 5.58 Å². The minimum Gasteiger partial charge on any atom is -0.492 e. The first kappa shape index (κ1) is 24.8. The Balaban J connectivity index is 1.37. The summed E-state index contributed by atoms with van der Waals surface area (Å²) >= 11 is 0.